The molecule has 1 aliphatic rings. The molecular weight excluding hydrogens is 220 g/mol. The van der Waals surface area contributed by atoms with E-state index in [9.17, 15) is 8.78 Å². The number of halogens is 2. The second-order valence-corrected chi connectivity index (χ2v) is 4.93. The number of aryl methyl sites for hydroxylation is 2. The van der Waals surface area contributed by atoms with Crippen LogP contribution >= 0.6 is 0 Å². The van der Waals surface area contributed by atoms with Gasteiger partial charge < -0.3 is 5.32 Å². The van der Waals surface area contributed by atoms with Crippen LogP contribution in [0.15, 0.2) is 18.3 Å². The highest BCUT2D eigenvalue weighted by Gasteiger charge is 2.37. The van der Waals surface area contributed by atoms with Gasteiger partial charge in [0.2, 0.25) is 0 Å². The van der Waals surface area contributed by atoms with E-state index in [1.165, 1.54) is 6.20 Å². The van der Waals surface area contributed by atoms with Crippen molar-refractivity contribution in [3.8, 4) is 0 Å². The zero-order valence-corrected chi connectivity index (χ0v) is 10.6. The van der Waals surface area contributed by atoms with E-state index in [-0.39, 0.29) is 11.5 Å². The van der Waals surface area contributed by atoms with Crippen molar-refractivity contribution in [3.63, 3.8) is 0 Å². The van der Waals surface area contributed by atoms with Crippen molar-refractivity contribution in [1.82, 2.24) is 0 Å². The van der Waals surface area contributed by atoms with Crippen LogP contribution in [-0.2, 0) is 5.92 Å². The molecule has 0 aromatic heterocycles. The second-order valence-electron chi connectivity index (χ2n) is 4.93. The molecule has 0 atom stereocenters. The number of rotatable bonds is 1. The van der Waals surface area contributed by atoms with Crippen molar-refractivity contribution < 1.29 is 8.78 Å². The van der Waals surface area contributed by atoms with E-state index in [0.717, 1.165) is 22.8 Å². The monoisotopic (exact) mass is 237 g/mol. The Kier molecular flexibility index (Phi) is 2.72. The standard InChI is InChI=1S/C14H17F2N/c1-8(2)11-9(3)7-10(4)13-12(11)14(15,16)5-6-17-13/h5-8,17H,1-4H3. The Morgan fingerprint density at radius 2 is 1.82 bits per heavy atom. The minimum absolute atomic E-state index is 0.0866. The van der Waals surface area contributed by atoms with Crippen LogP contribution < -0.4 is 5.32 Å². The zero-order valence-electron chi connectivity index (χ0n) is 10.6. The van der Waals surface area contributed by atoms with Crippen LogP contribution in [0.4, 0.5) is 14.5 Å². The van der Waals surface area contributed by atoms with Gasteiger partial charge in [0.15, 0.2) is 0 Å². The highest BCUT2D eigenvalue weighted by atomic mass is 19.3. The third-order valence-electron chi connectivity index (χ3n) is 3.20. The quantitative estimate of drug-likeness (QED) is 0.760. The first-order valence-electron chi connectivity index (χ1n) is 5.81. The van der Waals surface area contributed by atoms with Crippen molar-refractivity contribution in [2.45, 2.75) is 39.5 Å². The van der Waals surface area contributed by atoms with Crippen LogP contribution in [0.1, 0.15) is 42.0 Å². The summed E-state index contributed by atoms with van der Waals surface area (Å²) in [6.45, 7) is 7.66. The Morgan fingerprint density at radius 1 is 1.18 bits per heavy atom. The van der Waals surface area contributed by atoms with E-state index in [0.29, 0.717) is 5.69 Å². The van der Waals surface area contributed by atoms with E-state index >= 15 is 0 Å². The first-order valence-corrected chi connectivity index (χ1v) is 5.81. The van der Waals surface area contributed by atoms with Crippen molar-refractivity contribution in [3.05, 3.63) is 40.6 Å². The van der Waals surface area contributed by atoms with Gasteiger partial charge in [0.25, 0.3) is 5.92 Å². The molecule has 0 aliphatic carbocycles. The smallest absolute Gasteiger partial charge is 0.295 e. The summed E-state index contributed by atoms with van der Waals surface area (Å²) in [5.74, 6) is -2.79. The topological polar surface area (TPSA) is 12.0 Å². The van der Waals surface area contributed by atoms with Gasteiger partial charge in [-0.2, -0.15) is 8.78 Å². The molecule has 0 bridgehead atoms. The third kappa shape index (κ3) is 1.84. The van der Waals surface area contributed by atoms with Crippen molar-refractivity contribution in [1.29, 1.82) is 0 Å². The first-order chi connectivity index (χ1) is 7.84. The van der Waals surface area contributed by atoms with Crippen molar-refractivity contribution in [2.75, 3.05) is 5.32 Å². The van der Waals surface area contributed by atoms with Crippen LogP contribution in [0, 0.1) is 13.8 Å². The molecule has 0 fully saturated rings. The number of hydrogen-bond donors (Lipinski definition) is 1. The summed E-state index contributed by atoms with van der Waals surface area (Å²) >= 11 is 0. The number of alkyl halides is 2. The maximum Gasteiger partial charge on any atom is 0.295 e. The van der Waals surface area contributed by atoms with Gasteiger partial charge in [0.1, 0.15) is 0 Å². The predicted molar refractivity (Wildman–Crippen MR) is 66.7 cm³/mol. The molecule has 92 valence electrons. The number of fused-ring (bicyclic) bond motifs is 1. The Morgan fingerprint density at radius 3 is 2.41 bits per heavy atom. The van der Waals surface area contributed by atoms with Gasteiger partial charge in [-0.05, 0) is 36.5 Å². The van der Waals surface area contributed by atoms with Crippen LogP contribution in [0.2, 0.25) is 0 Å². The summed E-state index contributed by atoms with van der Waals surface area (Å²) in [7, 11) is 0. The van der Waals surface area contributed by atoms with Crippen molar-refractivity contribution >= 4 is 5.69 Å². The highest BCUT2D eigenvalue weighted by molar-refractivity contribution is 5.68. The van der Waals surface area contributed by atoms with Gasteiger partial charge in [0.05, 0.1) is 11.3 Å². The minimum Gasteiger partial charge on any atom is -0.361 e. The molecule has 1 aliphatic heterocycles. The summed E-state index contributed by atoms with van der Waals surface area (Å²) in [5.41, 5.74) is 3.27. The van der Waals surface area contributed by atoms with E-state index in [2.05, 4.69) is 5.32 Å². The molecule has 1 nitrogen and oxygen atoms in total. The lowest BCUT2D eigenvalue weighted by Gasteiger charge is -2.28. The molecular formula is C14H17F2N. The molecule has 0 spiro atoms. The zero-order chi connectivity index (χ0) is 12.8. The highest BCUT2D eigenvalue weighted by Crippen LogP contribution is 2.45. The van der Waals surface area contributed by atoms with Gasteiger partial charge >= 0.3 is 0 Å². The number of allylic oxidation sites excluding steroid dienone is 1. The fourth-order valence-electron chi connectivity index (χ4n) is 2.59. The van der Waals surface area contributed by atoms with Crippen LogP contribution in [0.5, 0.6) is 0 Å². The third-order valence-corrected chi connectivity index (χ3v) is 3.20. The SMILES string of the molecule is Cc1cc(C)c(C(C)C)c2c1NC=CC2(F)F. The number of benzene rings is 1. The van der Waals surface area contributed by atoms with Gasteiger partial charge in [-0.1, -0.05) is 19.9 Å². The molecule has 1 N–H and O–H groups in total. The molecule has 17 heavy (non-hydrogen) atoms. The summed E-state index contributed by atoms with van der Waals surface area (Å²) < 4.78 is 28.1. The Hall–Kier alpha value is -1.38. The van der Waals surface area contributed by atoms with Crippen LogP contribution in [0.3, 0.4) is 0 Å². The molecule has 0 radical (unpaired) electrons. The average Bonchev–Trinajstić information content (AvgIpc) is 2.18. The Bertz CT molecular complexity index is 487. The van der Waals surface area contributed by atoms with E-state index in [1.807, 2.05) is 33.8 Å². The molecule has 0 saturated carbocycles. The van der Waals surface area contributed by atoms with Gasteiger partial charge in [-0.25, -0.2) is 0 Å². The molecule has 0 saturated heterocycles. The molecule has 0 amide bonds. The lowest BCUT2D eigenvalue weighted by Crippen LogP contribution is -2.21. The fraction of sp³-hybridized carbons (Fsp3) is 0.429. The Balaban J connectivity index is 2.80. The van der Waals surface area contributed by atoms with E-state index < -0.39 is 5.92 Å². The molecule has 0 unspecified atom stereocenters. The minimum atomic E-state index is -2.88. The summed E-state index contributed by atoms with van der Waals surface area (Å²) in [5, 5.41) is 2.95. The maximum atomic E-state index is 14.1. The summed E-state index contributed by atoms with van der Waals surface area (Å²) in [6, 6.07) is 1.97. The number of hydrogen-bond acceptors (Lipinski definition) is 1. The largest absolute Gasteiger partial charge is 0.361 e. The van der Waals surface area contributed by atoms with Crippen molar-refractivity contribution in [2.24, 2.45) is 0 Å². The summed E-state index contributed by atoms with van der Waals surface area (Å²) in [6.07, 6.45) is 2.26. The molecule has 1 aromatic rings. The molecule has 1 aromatic carbocycles. The first kappa shape index (κ1) is 12.1. The summed E-state index contributed by atoms with van der Waals surface area (Å²) in [4.78, 5) is 0. The lowest BCUT2D eigenvalue weighted by atomic mass is 9.85. The normalized spacial score (nSPS) is 16.9. The van der Waals surface area contributed by atoms with Crippen LogP contribution in [0.25, 0.3) is 0 Å². The van der Waals surface area contributed by atoms with Gasteiger partial charge in [-0.15, -0.1) is 0 Å². The predicted octanol–water partition coefficient (Wildman–Crippen LogP) is 4.46. The fourth-order valence-corrected chi connectivity index (χ4v) is 2.59. The molecule has 1 heterocycles. The van der Waals surface area contributed by atoms with Gasteiger partial charge in [-0.3, -0.25) is 0 Å². The van der Waals surface area contributed by atoms with E-state index in [1.54, 1.807) is 0 Å². The van der Waals surface area contributed by atoms with Gasteiger partial charge in [0, 0.05) is 12.3 Å². The second kappa shape index (κ2) is 3.83. The molecule has 3 heteroatoms. The average molecular weight is 237 g/mol. The Labute approximate surface area is 101 Å². The van der Waals surface area contributed by atoms with Crippen LogP contribution in [-0.4, -0.2) is 0 Å². The lowest BCUT2D eigenvalue weighted by molar-refractivity contribution is 0.0502. The van der Waals surface area contributed by atoms with E-state index in [4.69, 9.17) is 0 Å². The number of anilines is 1. The number of nitrogens with one attached hydrogen (secondary N) is 1. The maximum absolute atomic E-state index is 14.1. The molecule has 2 rings (SSSR count).